The SMILES string of the molecule is CC(=O)c1cccc(NC(=O)Cn2c(=O)n(-c3ccccc3F)c(=O)c3sccc32)c1. The highest BCUT2D eigenvalue weighted by Gasteiger charge is 2.19. The van der Waals surface area contributed by atoms with Crippen molar-refractivity contribution >= 4 is 38.9 Å². The second kappa shape index (κ2) is 8.11. The van der Waals surface area contributed by atoms with E-state index < -0.39 is 29.5 Å². The highest BCUT2D eigenvalue weighted by atomic mass is 32.1. The maximum atomic E-state index is 14.3. The number of aromatic nitrogens is 2. The summed E-state index contributed by atoms with van der Waals surface area (Å²) in [4.78, 5) is 50.2. The molecule has 1 N–H and O–H groups in total. The number of Topliss-reactive ketones (excluding diaryl/α,β-unsaturated/α-hetero) is 1. The van der Waals surface area contributed by atoms with Gasteiger partial charge in [0.15, 0.2) is 5.78 Å². The molecule has 1 amide bonds. The molecule has 4 rings (SSSR count). The van der Waals surface area contributed by atoms with Crippen LogP contribution in [0.25, 0.3) is 15.9 Å². The molecule has 4 aromatic rings. The molecule has 0 spiro atoms. The van der Waals surface area contributed by atoms with Crippen LogP contribution in [0.3, 0.4) is 0 Å². The number of hydrogen-bond donors (Lipinski definition) is 1. The molecule has 0 aliphatic carbocycles. The molecule has 0 saturated carbocycles. The van der Waals surface area contributed by atoms with E-state index in [0.717, 1.165) is 26.5 Å². The number of halogens is 1. The molecular weight excluding hydrogens is 421 g/mol. The number of rotatable bonds is 5. The Bertz CT molecular complexity index is 1450. The Morgan fingerprint density at radius 3 is 2.58 bits per heavy atom. The predicted octanol–water partition coefficient (Wildman–Crippen LogP) is 3.19. The molecule has 31 heavy (non-hydrogen) atoms. The standard InChI is InChI=1S/C22H16FN3O4S/c1-13(27)14-5-4-6-15(11-14)24-19(28)12-25-18-9-10-31-20(18)21(29)26(22(25)30)17-8-3-2-7-16(17)23/h2-11H,12H2,1H3,(H,24,28). The molecule has 0 unspecified atom stereocenters. The molecule has 0 aliphatic rings. The van der Waals surface area contributed by atoms with E-state index in [2.05, 4.69) is 5.32 Å². The molecule has 2 aromatic carbocycles. The number of para-hydroxylation sites is 1. The van der Waals surface area contributed by atoms with Gasteiger partial charge < -0.3 is 5.32 Å². The van der Waals surface area contributed by atoms with Crippen LogP contribution in [0.5, 0.6) is 0 Å². The summed E-state index contributed by atoms with van der Waals surface area (Å²) in [5.74, 6) is -1.41. The Kier molecular flexibility index (Phi) is 5.35. The van der Waals surface area contributed by atoms with Crippen molar-refractivity contribution in [3.63, 3.8) is 0 Å². The highest BCUT2D eigenvalue weighted by Crippen LogP contribution is 2.18. The van der Waals surface area contributed by atoms with Crippen LogP contribution in [-0.4, -0.2) is 20.8 Å². The van der Waals surface area contributed by atoms with Crippen LogP contribution < -0.4 is 16.6 Å². The summed E-state index contributed by atoms with van der Waals surface area (Å²) < 4.78 is 16.4. The molecule has 156 valence electrons. The summed E-state index contributed by atoms with van der Waals surface area (Å²) in [6.07, 6.45) is 0. The van der Waals surface area contributed by atoms with E-state index in [9.17, 15) is 23.6 Å². The average molecular weight is 437 g/mol. The fraction of sp³-hybridized carbons (Fsp3) is 0.0909. The van der Waals surface area contributed by atoms with Gasteiger partial charge >= 0.3 is 5.69 Å². The number of hydrogen-bond acceptors (Lipinski definition) is 5. The van der Waals surface area contributed by atoms with Crippen molar-refractivity contribution < 1.29 is 14.0 Å². The number of benzene rings is 2. The lowest BCUT2D eigenvalue weighted by molar-refractivity contribution is -0.116. The average Bonchev–Trinajstić information content (AvgIpc) is 3.23. The van der Waals surface area contributed by atoms with E-state index in [1.54, 1.807) is 29.6 Å². The molecule has 7 nitrogen and oxygen atoms in total. The van der Waals surface area contributed by atoms with Crippen molar-refractivity contribution in [1.82, 2.24) is 9.13 Å². The number of nitrogens with zero attached hydrogens (tertiary/aromatic N) is 2. The van der Waals surface area contributed by atoms with E-state index in [0.29, 0.717) is 16.8 Å². The molecule has 9 heteroatoms. The third kappa shape index (κ3) is 3.82. The normalized spacial score (nSPS) is 10.9. The van der Waals surface area contributed by atoms with Gasteiger partial charge in [0.2, 0.25) is 5.91 Å². The fourth-order valence-corrected chi connectivity index (χ4v) is 4.07. The number of carbonyl (C=O) groups is 2. The Morgan fingerprint density at radius 2 is 1.84 bits per heavy atom. The molecular formula is C22H16FN3O4S. The van der Waals surface area contributed by atoms with Crippen LogP contribution in [0.4, 0.5) is 10.1 Å². The summed E-state index contributed by atoms with van der Waals surface area (Å²) in [6.45, 7) is 1.02. The Morgan fingerprint density at radius 1 is 1.06 bits per heavy atom. The maximum absolute atomic E-state index is 14.3. The summed E-state index contributed by atoms with van der Waals surface area (Å²) in [5, 5.41) is 4.27. The van der Waals surface area contributed by atoms with E-state index >= 15 is 0 Å². The van der Waals surface area contributed by atoms with Crippen molar-refractivity contribution in [2.45, 2.75) is 13.5 Å². The van der Waals surface area contributed by atoms with Crippen LogP contribution in [0, 0.1) is 5.82 Å². The number of amides is 1. The summed E-state index contributed by atoms with van der Waals surface area (Å²) in [6, 6.07) is 13.4. The second-order valence-electron chi connectivity index (χ2n) is 6.78. The van der Waals surface area contributed by atoms with Gasteiger partial charge in [-0.2, -0.15) is 0 Å². The third-order valence-electron chi connectivity index (χ3n) is 4.70. The summed E-state index contributed by atoms with van der Waals surface area (Å²) in [5.41, 5.74) is -0.533. The van der Waals surface area contributed by atoms with Gasteiger partial charge in [0, 0.05) is 11.3 Å². The Labute approximate surface area is 179 Å². The van der Waals surface area contributed by atoms with Crippen molar-refractivity contribution in [1.29, 1.82) is 0 Å². The number of ketones is 1. The van der Waals surface area contributed by atoms with Crippen molar-refractivity contribution in [2.75, 3.05) is 5.32 Å². The second-order valence-corrected chi connectivity index (χ2v) is 7.70. The zero-order valence-electron chi connectivity index (χ0n) is 16.3. The zero-order chi connectivity index (χ0) is 22.1. The largest absolute Gasteiger partial charge is 0.336 e. The molecule has 0 bridgehead atoms. The minimum Gasteiger partial charge on any atom is -0.325 e. The van der Waals surface area contributed by atoms with Gasteiger partial charge in [-0.15, -0.1) is 11.3 Å². The molecule has 0 atom stereocenters. The van der Waals surface area contributed by atoms with Crippen molar-refractivity contribution in [2.24, 2.45) is 0 Å². The van der Waals surface area contributed by atoms with Gasteiger partial charge in [-0.3, -0.25) is 19.0 Å². The van der Waals surface area contributed by atoms with Crippen LogP contribution in [0.15, 0.2) is 69.6 Å². The van der Waals surface area contributed by atoms with Gasteiger partial charge in [-0.25, -0.2) is 13.8 Å². The molecule has 0 aliphatic heterocycles. The molecule has 2 aromatic heterocycles. The first-order valence-corrected chi connectivity index (χ1v) is 10.1. The smallest absolute Gasteiger partial charge is 0.325 e. The number of nitrogens with one attached hydrogen (secondary N) is 1. The lowest BCUT2D eigenvalue weighted by Crippen LogP contribution is -2.40. The highest BCUT2D eigenvalue weighted by molar-refractivity contribution is 7.17. The Balaban J connectivity index is 1.77. The molecule has 0 radical (unpaired) electrons. The molecule has 2 heterocycles. The Hall–Kier alpha value is -3.85. The van der Waals surface area contributed by atoms with Gasteiger partial charge in [0.05, 0.1) is 11.2 Å². The maximum Gasteiger partial charge on any atom is 0.336 e. The van der Waals surface area contributed by atoms with Crippen molar-refractivity contribution in [3.05, 3.63) is 92.2 Å². The molecule has 0 saturated heterocycles. The minimum atomic E-state index is -0.825. The first-order chi connectivity index (χ1) is 14.9. The topological polar surface area (TPSA) is 90.2 Å². The lowest BCUT2D eigenvalue weighted by Gasteiger charge is -2.13. The third-order valence-corrected chi connectivity index (χ3v) is 5.59. The van der Waals surface area contributed by atoms with E-state index in [1.165, 1.54) is 31.2 Å². The van der Waals surface area contributed by atoms with Crippen LogP contribution in [-0.2, 0) is 11.3 Å². The van der Waals surface area contributed by atoms with Crippen LogP contribution in [0.1, 0.15) is 17.3 Å². The van der Waals surface area contributed by atoms with Gasteiger partial charge in [0.25, 0.3) is 5.56 Å². The monoisotopic (exact) mass is 437 g/mol. The van der Waals surface area contributed by atoms with Gasteiger partial charge in [-0.1, -0.05) is 24.3 Å². The van der Waals surface area contributed by atoms with Crippen LogP contribution in [0.2, 0.25) is 0 Å². The number of carbonyl (C=O) groups excluding carboxylic acids is 2. The predicted molar refractivity (Wildman–Crippen MR) is 117 cm³/mol. The lowest BCUT2D eigenvalue weighted by atomic mass is 10.1. The number of anilines is 1. The molecule has 0 fully saturated rings. The van der Waals surface area contributed by atoms with Gasteiger partial charge in [0.1, 0.15) is 17.1 Å². The zero-order valence-corrected chi connectivity index (χ0v) is 17.1. The first kappa shape index (κ1) is 20.4. The number of thiophene rings is 1. The van der Waals surface area contributed by atoms with Crippen LogP contribution >= 0.6 is 11.3 Å². The summed E-state index contributed by atoms with van der Waals surface area (Å²) >= 11 is 1.10. The minimum absolute atomic E-state index is 0.149. The number of fused-ring (bicyclic) bond motifs is 1. The fourth-order valence-electron chi connectivity index (χ4n) is 3.25. The van der Waals surface area contributed by atoms with E-state index in [-0.39, 0.29) is 16.2 Å². The summed E-state index contributed by atoms with van der Waals surface area (Å²) in [7, 11) is 0. The van der Waals surface area contributed by atoms with E-state index in [1.807, 2.05) is 0 Å². The van der Waals surface area contributed by atoms with Crippen molar-refractivity contribution in [3.8, 4) is 5.69 Å². The van der Waals surface area contributed by atoms with E-state index in [4.69, 9.17) is 0 Å². The first-order valence-electron chi connectivity index (χ1n) is 9.25. The quantitative estimate of drug-likeness (QED) is 0.486. The van der Waals surface area contributed by atoms with Gasteiger partial charge in [-0.05, 0) is 42.6 Å².